The number of aromatic nitrogens is 1. The number of hydrogen-bond donors (Lipinski definition) is 2. The summed E-state index contributed by atoms with van der Waals surface area (Å²) in [6.45, 7) is 1.66. The Bertz CT molecular complexity index is 467. The normalized spacial score (nSPS) is 13.1. The second kappa shape index (κ2) is 6.35. The lowest BCUT2D eigenvalue weighted by Crippen LogP contribution is -2.45. The molecular weight excluding hydrogens is 232 g/mol. The van der Waals surface area contributed by atoms with Gasteiger partial charge in [-0.15, -0.1) is 0 Å². The molecule has 3 N–H and O–H groups in total. The van der Waals surface area contributed by atoms with Gasteiger partial charge in [0.25, 0.3) is 5.91 Å². The van der Waals surface area contributed by atoms with Crippen LogP contribution in [-0.2, 0) is 4.79 Å². The van der Waals surface area contributed by atoms with Gasteiger partial charge in [0, 0.05) is 12.1 Å². The molecule has 0 radical (unpaired) electrons. The number of amides is 2. The fourth-order valence-corrected chi connectivity index (χ4v) is 1.38. The number of rotatable bonds is 5. The van der Waals surface area contributed by atoms with Crippen LogP contribution in [0.15, 0.2) is 24.4 Å². The van der Waals surface area contributed by atoms with Crippen LogP contribution in [0.1, 0.15) is 23.8 Å². The number of nitrogens with one attached hydrogen (secondary N) is 1. The quantitative estimate of drug-likeness (QED) is 0.774. The molecule has 0 aliphatic heterocycles. The van der Waals surface area contributed by atoms with E-state index in [2.05, 4.69) is 10.3 Å². The van der Waals surface area contributed by atoms with Gasteiger partial charge < -0.3 is 11.1 Å². The minimum Gasteiger partial charge on any atom is -0.368 e. The standard InChI is InChI=1S/C12H14N4O2/c1-8(7-13)6-10(11(14)17)16-12(18)9-4-2-3-5-15-9/h2-5,8,10H,6H2,1H3,(H2,14,17)(H,16,18)/t8-,10-/m1/s1. The van der Waals surface area contributed by atoms with Gasteiger partial charge in [0.05, 0.1) is 6.07 Å². The maximum atomic E-state index is 11.8. The first-order chi connectivity index (χ1) is 8.54. The first-order valence-corrected chi connectivity index (χ1v) is 5.45. The summed E-state index contributed by atoms with van der Waals surface area (Å²) in [4.78, 5) is 26.8. The van der Waals surface area contributed by atoms with Crippen molar-refractivity contribution in [2.24, 2.45) is 11.7 Å². The molecule has 0 aliphatic carbocycles. The number of nitrogens with zero attached hydrogens (tertiary/aromatic N) is 2. The Morgan fingerprint density at radius 3 is 2.78 bits per heavy atom. The molecule has 0 fully saturated rings. The molecule has 1 heterocycles. The molecule has 18 heavy (non-hydrogen) atoms. The number of primary amides is 1. The van der Waals surface area contributed by atoms with E-state index in [4.69, 9.17) is 11.0 Å². The summed E-state index contributed by atoms with van der Waals surface area (Å²) >= 11 is 0. The Labute approximate surface area is 105 Å². The average molecular weight is 246 g/mol. The van der Waals surface area contributed by atoms with Crippen molar-refractivity contribution in [2.75, 3.05) is 0 Å². The molecule has 0 saturated carbocycles. The maximum Gasteiger partial charge on any atom is 0.270 e. The van der Waals surface area contributed by atoms with E-state index in [1.165, 1.54) is 12.3 Å². The number of nitriles is 1. The Balaban J connectivity index is 2.71. The molecule has 2 amide bonds. The molecule has 2 atom stereocenters. The van der Waals surface area contributed by atoms with E-state index in [0.717, 1.165) is 0 Å². The number of nitrogens with two attached hydrogens (primary N) is 1. The van der Waals surface area contributed by atoms with Gasteiger partial charge in [-0.2, -0.15) is 5.26 Å². The number of carbonyl (C=O) groups is 2. The summed E-state index contributed by atoms with van der Waals surface area (Å²) in [5, 5.41) is 11.2. The van der Waals surface area contributed by atoms with Crippen LogP contribution in [0.2, 0.25) is 0 Å². The molecule has 0 unspecified atom stereocenters. The minimum atomic E-state index is -0.867. The summed E-state index contributed by atoms with van der Waals surface area (Å²) in [6.07, 6.45) is 1.66. The predicted octanol–water partition coefficient (Wildman–Crippen LogP) is 0.215. The fourth-order valence-electron chi connectivity index (χ4n) is 1.38. The van der Waals surface area contributed by atoms with Crippen molar-refractivity contribution in [3.05, 3.63) is 30.1 Å². The van der Waals surface area contributed by atoms with E-state index in [0.29, 0.717) is 0 Å². The van der Waals surface area contributed by atoms with Gasteiger partial charge in [0.1, 0.15) is 11.7 Å². The molecular formula is C12H14N4O2. The van der Waals surface area contributed by atoms with Crippen LogP contribution in [0.3, 0.4) is 0 Å². The molecule has 94 valence electrons. The summed E-state index contributed by atoms with van der Waals surface area (Å²) in [7, 11) is 0. The van der Waals surface area contributed by atoms with E-state index in [1.54, 1.807) is 19.1 Å². The maximum absolute atomic E-state index is 11.8. The minimum absolute atomic E-state index is 0.185. The predicted molar refractivity (Wildman–Crippen MR) is 64.1 cm³/mol. The van der Waals surface area contributed by atoms with Gasteiger partial charge in [0.2, 0.25) is 5.91 Å². The van der Waals surface area contributed by atoms with Crippen LogP contribution >= 0.6 is 0 Å². The van der Waals surface area contributed by atoms with E-state index in [9.17, 15) is 9.59 Å². The van der Waals surface area contributed by atoms with Gasteiger partial charge in [0.15, 0.2) is 0 Å². The highest BCUT2D eigenvalue weighted by Gasteiger charge is 2.21. The summed E-state index contributed by atoms with van der Waals surface area (Å²) in [5.74, 6) is -1.52. The Morgan fingerprint density at radius 1 is 1.56 bits per heavy atom. The third kappa shape index (κ3) is 3.87. The zero-order valence-corrected chi connectivity index (χ0v) is 9.96. The van der Waals surface area contributed by atoms with Crippen LogP contribution in [0.4, 0.5) is 0 Å². The number of carbonyl (C=O) groups excluding carboxylic acids is 2. The number of pyridine rings is 1. The largest absolute Gasteiger partial charge is 0.368 e. The molecule has 0 spiro atoms. The van der Waals surface area contributed by atoms with Gasteiger partial charge in [-0.3, -0.25) is 14.6 Å². The van der Waals surface area contributed by atoms with Crippen molar-refractivity contribution in [3.8, 4) is 6.07 Å². The summed E-state index contributed by atoms with van der Waals surface area (Å²) in [6, 6.07) is 6.00. The highest BCUT2D eigenvalue weighted by molar-refractivity contribution is 5.95. The van der Waals surface area contributed by atoms with E-state index >= 15 is 0 Å². The van der Waals surface area contributed by atoms with Crippen molar-refractivity contribution in [3.63, 3.8) is 0 Å². The molecule has 1 rings (SSSR count). The van der Waals surface area contributed by atoms with Crippen LogP contribution in [0.5, 0.6) is 0 Å². The van der Waals surface area contributed by atoms with E-state index < -0.39 is 17.9 Å². The molecule has 0 aliphatic rings. The smallest absolute Gasteiger partial charge is 0.270 e. The third-order valence-electron chi connectivity index (χ3n) is 2.36. The zero-order chi connectivity index (χ0) is 13.5. The lowest BCUT2D eigenvalue weighted by atomic mass is 10.0. The van der Waals surface area contributed by atoms with Gasteiger partial charge in [-0.1, -0.05) is 6.07 Å². The van der Waals surface area contributed by atoms with E-state index in [1.807, 2.05) is 6.07 Å². The van der Waals surface area contributed by atoms with Crippen molar-refractivity contribution >= 4 is 11.8 Å². The Kier molecular flexibility index (Phi) is 4.81. The van der Waals surface area contributed by atoms with Crippen LogP contribution in [0.25, 0.3) is 0 Å². The summed E-state index contributed by atoms with van der Waals surface area (Å²) in [5.41, 5.74) is 5.38. The van der Waals surface area contributed by atoms with Gasteiger partial charge in [-0.05, 0) is 25.5 Å². The van der Waals surface area contributed by atoms with Crippen molar-refractivity contribution in [1.82, 2.24) is 10.3 Å². The topological polar surface area (TPSA) is 109 Å². The van der Waals surface area contributed by atoms with Crippen LogP contribution < -0.4 is 11.1 Å². The lowest BCUT2D eigenvalue weighted by molar-refractivity contribution is -0.120. The first kappa shape index (κ1) is 13.6. The highest BCUT2D eigenvalue weighted by atomic mass is 16.2. The van der Waals surface area contributed by atoms with Crippen molar-refractivity contribution < 1.29 is 9.59 Å². The molecule has 0 saturated heterocycles. The van der Waals surface area contributed by atoms with E-state index in [-0.39, 0.29) is 18.0 Å². The SMILES string of the molecule is C[C@@H](C#N)C[C@@H](NC(=O)c1ccccn1)C(N)=O. The van der Waals surface area contributed by atoms with Crippen molar-refractivity contribution in [1.29, 1.82) is 5.26 Å². The molecule has 0 bridgehead atoms. The van der Waals surface area contributed by atoms with Crippen LogP contribution in [0, 0.1) is 17.2 Å². The zero-order valence-electron chi connectivity index (χ0n) is 9.96. The molecule has 1 aromatic heterocycles. The fraction of sp³-hybridized carbons (Fsp3) is 0.333. The Hall–Kier alpha value is -2.42. The monoisotopic (exact) mass is 246 g/mol. The molecule has 6 nitrogen and oxygen atoms in total. The Morgan fingerprint density at radius 2 is 2.28 bits per heavy atom. The van der Waals surface area contributed by atoms with Crippen molar-refractivity contribution in [2.45, 2.75) is 19.4 Å². The molecule has 1 aromatic rings. The summed E-state index contributed by atoms with van der Waals surface area (Å²) < 4.78 is 0. The second-order valence-electron chi connectivity index (χ2n) is 3.91. The highest BCUT2D eigenvalue weighted by Crippen LogP contribution is 2.05. The second-order valence-corrected chi connectivity index (χ2v) is 3.91. The van der Waals surface area contributed by atoms with Gasteiger partial charge >= 0.3 is 0 Å². The first-order valence-electron chi connectivity index (χ1n) is 5.45. The van der Waals surface area contributed by atoms with Gasteiger partial charge in [-0.25, -0.2) is 0 Å². The third-order valence-corrected chi connectivity index (χ3v) is 2.36. The molecule has 0 aromatic carbocycles. The van der Waals surface area contributed by atoms with Crippen LogP contribution in [-0.4, -0.2) is 22.8 Å². The molecule has 6 heteroatoms. The average Bonchev–Trinajstić information content (AvgIpc) is 2.38. The number of hydrogen-bond acceptors (Lipinski definition) is 4. The lowest BCUT2D eigenvalue weighted by Gasteiger charge is -2.15.